The lowest BCUT2D eigenvalue weighted by atomic mass is 10.1. The lowest BCUT2D eigenvalue weighted by molar-refractivity contribution is 0.613. The lowest BCUT2D eigenvalue weighted by Crippen LogP contribution is -2.43. The molecule has 4 atom stereocenters. The fourth-order valence-corrected chi connectivity index (χ4v) is 4.56. The SMILES string of the molecule is CCSC1CCC(NC(=NC)NC2CC2c2ccccc2)C1. The minimum absolute atomic E-state index is 0.538. The summed E-state index contributed by atoms with van der Waals surface area (Å²) in [6.07, 6.45) is 5.09. The van der Waals surface area contributed by atoms with Crippen LogP contribution in [0.5, 0.6) is 0 Å². The fraction of sp³-hybridized carbons (Fsp3) is 0.611. The Hall–Kier alpha value is -1.16. The van der Waals surface area contributed by atoms with Crippen LogP contribution in [0.1, 0.15) is 44.1 Å². The normalized spacial score (nSPS) is 31.1. The summed E-state index contributed by atoms with van der Waals surface area (Å²) in [7, 11) is 1.88. The van der Waals surface area contributed by atoms with E-state index in [0.717, 1.165) is 11.2 Å². The first-order chi connectivity index (χ1) is 10.8. The Balaban J connectivity index is 1.46. The molecule has 2 fully saturated rings. The highest BCUT2D eigenvalue weighted by Crippen LogP contribution is 2.40. The van der Waals surface area contributed by atoms with Gasteiger partial charge in [0.05, 0.1) is 0 Å². The number of aliphatic imine (C=N–C) groups is 1. The van der Waals surface area contributed by atoms with E-state index >= 15 is 0 Å². The van der Waals surface area contributed by atoms with Gasteiger partial charge in [-0.1, -0.05) is 37.3 Å². The first-order valence-corrected chi connectivity index (χ1v) is 9.51. The molecule has 4 unspecified atom stereocenters. The van der Waals surface area contributed by atoms with E-state index in [9.17, 15) is 0 Å². The van der Waals surface area contributed by atoms with Gasteiger partial charge < -0.3 is 10.6 Å². The molecule has 2 aliphatic carbocycles. The zero-order valence-electron chi connectivity index (χ0n) is 13.6. The van der Waals surface area contributed by atoms with Gasteiger partial charge >= 0.3 is 0 Å². The molecule has 1 aromatic rings. The van der Waals surface area contributed by atoms with Gasteiger partial charge in [-0.05, 0) is 37.0 Å². The minimum atomic E-state index is 0.538. The Morgan fingerprint density at radius 2 is 2.00 bits per heavy atom. The van der Waals surface area contributed by atoms with Crippen molar-refractivity contribution in [2.24, 2.45) is 4.99 Å². The molecular weight excluding hydrogens is 290 g/mol. The van der Waals surface area contributed by atoms with Gasteiger partial charge in [0.2, 0.25) is 0 Å². The smallest absolute Gasteiger partial charge is 0.191 e. The highest BCUT2D eigenvalue weighted by molar-refractivity contribution is 7.99. The maximum Gasteiger partial charge on any atom is 0.191 e. The van der Waals surface area contributed by atoms with Crippen LogP contribution >= 0.6 is 11.8 Å². The second-order valence-electron chi connectivity index (χ2n) is 6.31. The van der Waals surface area contributed by atoms with Crippen molar-refractivity contribution in [2.75, 3.05) is 12.8 Å². The maximum atomic E-state index is 4.42. The largest absolute Gasteiger partial charge is 0.354 e. The summed E-state index contributed by atoms with van der Waals surface area (Å²) < 4.78 is 0. The fourth-order valence-electron chi connectivity index (χ4n) is 3.42. The number of benzene rings is 1. The highest BCUT2D eigenvalue weighted by atomic mass is 32.2. The number of guanidine groups is 1. The number of nitrogens with zero attached hydrogens (tertiary/aromatic N) is 1. The summed E-state index contributed by atoms with van der Waals surface area (Å²) in [5.41, 5.74) is 1.44. The van der Waals surface area contributed by atoms with Crippen molar-refractivity contribution in [1.82, 2.24) is 10.6 Å². The van der Waals surface area contributed by atoms with Crippen LogP contribution in [0, 0.1) is 0 Å². The van der Waals surface area contributed by atoms with Crippen LogP contribution in [0.15, 0.2) is 35.3 Å². The molecule has 0 amide bonds. The van der Waals surface area contributed by atoms with Crippen LogP contribution in [0.25, 0.3) is 0 Å². The molecule has 2 saturated carbocycles. The third kappa shape index (κ3) is 3.97. The molecule has 0 saturated heterocycles. The van der Waals surface area contributed by atoms with Crippen molar-refractivity contribution in [2.45, 2.75) is 55.9 Å². The number of hydrogen-bond donors (Lipinski definition) is 2. The van der Waals surface area contributed by atoms with Gasteiger partial charge in [-0.3, -0.25) is 4.99 Å². The predicted octanol–water partition coefficient (Wildman–Crippen LogP) is 3.38. The van der Waals surface area contributed by atoms with Crippen LogP contribution in [0.4, 0.5) is 0 Å². The van der Waals surface area contributed by atoms with Crippen molar-refractivity contribution < 1.29 is 0 Å². The van der Waals surface area contributed by atoms with Crippen LogP contribution in [0.2, 0.25) is 0 Å². The van der Waals surface area contributed by atoms with E-state index in [2.05, 4.69) is 64.6 Å². The molecule has 3 nitrogen and oxygen atoms in total. The van der Waals surface area contributed by atoms with Crippen molar-refractivity contribution in [3.63, 3.8) is 0 Å². The summed E-state index contributed by atoms with van der Waals surface area (Å²) >= 11 is 2.10. The van der Waals surface area contributed by atoms with E-state index in [4.69, 9.17) is 0 Å². The Kier molecular flexibility index (Phi) is 5.29. The molecule has 3 rings (SSSR count). The van der Waals surface area contributed by atoms with Crippen molar-refractivity contribution in [3.05, 3.63) is 35.9 Å². The Bertz CT molecular complexity index is 502. The number of hydrogen-bond acceptors (Lipinski definition) is 2. The predicted molar refractivity (Wildman–Crippen MR) is 96.8 cm³/mol. The van der Waals surface area contributed by atoms with Crippen LogP contribution in [-0.4, -0.2) is 36.1 Å². The summed E-state index contributed by atoms with van der Waals surface area (Å²) in [6, 6.07) is 11.9. The van der Waals surface area contributed by atoms with Gasteiger partial charge in [0.15, 0.2) is 5.96 Å². The van der Waals surface area contributed by atoms with E-state index < -0.39 is 0 Å². The van der Waals surface area contributed by atoms with Gasteiger partial charge in [-0.2, -0.15) is 11.8 Å². The number of rotatable bonds is 5. The van der Waals surface area contributed by atoms with Gasteiger partial charge in [0.1, 0.15) is 0 Å². The average Bonchev–Trinajstić information content (AvgIpc) is 3.18. The second kappa shape index (κ2) is 7.40. The molecule has 2 N–H and O–H groups in total. The third-order valence-electron chi connectivity index (χ3n) is 4.69. The summed E-state index contributed by atoms with van der Waals surface area (Å²) in [4.78, 5) is 4.42. The topological polar surface area (TPSA) is 36.4 Å². The van der Waals surface area contributed by atoms with Gasteiger partial charge in [0, 0.05) is 30.3 Å². The minimum Gasteiger partial charge on any atom is -0.354 e. The van der Waals surface area contributed by atoms with E-state index in [0.29, 0.717) is 18.0 Å². The monoisotopic (exact) mass is 317 g/mol. The standard InChI is InChI=1S/C18H27N3S/c1-3-22-15-10-9-14(11-15)20-18(19-2)21-17-12-16(17)13-7-5-4-6-8-13/h4-8,14-17H,3,9-12H2,1-2H3,(H2,19,20,21). The van der Waals surface area contributed by atoms with E-state index in [-0.39, 0.29) is 0 Å². The molecule has 22 heavy (non-hydrogen) atoms. The summed E-state index contributed by atoms with van der Waals surface area (Å²) in [6.45, 7) is 2.25. The lowest BCUT2D eigenvalue weighted by Gasteiger charge is -2.17. The molecule has 0 heterocycles. The molecule has 120 valence electrons. The van der Waals surface area contributed by atoms with Crippen molar-refractivity contribution >= 4 is 17.7 Å². The second-order valence-corrected chi connectivity index (χ2v) is 7.88. The summed E-state index contributed by atoms with van der Waals surface area (Å²) in [5.74, 6) is 2.85. The molecule has 0 bridgehead atoms. The molecule has 1 aromatic carbocycles. The average molecular weight is 318 g/mol. The zero-order valence-corrected chi connectivity index (χ0v) is 14.4. The Morgan fingerprint density at radius 3 is 2.73 bits per heavy atom. The Morgan fingerprint density at radius 1 is 1.18 bits per heavy atom. The number of nitrogens with one attached hydrogen (secondary N) is 2. The maximum absolute atomic E-state index is 4.42. The van der Waals surface area contributed by atoms with Crippen LogP contribution in [-0.2, 0) is 0 Å². The van der Waals surface area contributed by atoms with Gasteiger partial charge in [-0.25, -0.2) is 0 Å². The molecule has 0 aliphatic heterocycles. The zero-order chi connectivity index (χ0) is 15.4. The Labute approximate surface area is 138 Å². The van der Waals surface area contributed by atoms with Crippen molar-refractivity contribution in [3.8, 4) is 0 Å². The first-order valence-electron chi connectivity index (χ1n) is 8.46. The summed E-state index contributed by atoms with van der Waals surface area (Å²) in [5, 5.41) is 8.05. The number of thioether (sulfide) groups is 1. The third-order valence-corrected chi connectivity index (χ3v) is 5.92. The van der Waals surface area contributed by atoms with Crippen LogP contribution < -0.4 is 10.6 Å². The van der Waals surface area contributed by atoms with Gasteiger partial charge in [0.25, 0.3) is 0 Å². The van der Waals surface area contributed by atoms with E-state index in [1.54, 1.807) is 0 Å². The molecular formula is C18H27N3S. The molecule has 0 spiro atoms. The van der Waals surface area contributed by atoms with Crippen molar-refractivity contribution in [1.29, 1.82) is 0 Å². The van der Waals surface area contributed by atoms with Gasteiger partial charge in [-0.15, -0.1) is 0 Å². The van der Waals surface area contributed by atoms with E-state index in [1.807, 2.05) is 7.05 Å². The molecule has 4 heteroatoms. The highest BCUT2D eigenvalue weighted by Gasteiger charge is 2.39. The quantitative estimate of drug-likeness (QED) is 0.646. The molecule has 2 aliphatic rings. The van der Waals surface area contributed by atoms with Crippen LogP contribution in [0.3, 0.4) is 0 Å². The van der Waals surface area contributed by atoms with E-state index in [1.165, 1.54) is 37.0 Å². The molecule has 0 aromatic heterocycles. The first kappa shape index (κ1) is 15.7. The molecule has 0 radical (unpaired) electrons.